The number of hydrogen-bond donors (Lipinski definition) is 6. The Labute approximate surface area is 518 Å². The molecule has 2 aliphatic heterocycles. The lowest BCUT2D eigenvalue weighted by atomic mass is 9.71. The number of rotatable bonds is 11. The number of amides is 3. The monoisotopic (exact) mass is 1180 g/mol. The largest absolute Gasteiger partial charge is 0.444 e. The van der Waals surface area contributed by atoms with Crippen molar-refractivity contribution in [3.63, 3.8) is 0 Å². The number of imidazole rings is 2. The van der Waals surface area contributed by atoms with E-state index in [0.717, 1.165) is 151 Å². The molecule has 0 bridgehead atoms. The van der Waals surface area contributed by atoms with Crippen LogP contribution < -0.4 is 32.3 Å². The maximum absolute atomic E-state index is 12.8. The second-order valence-corrected chi connectivity index (χ2v) is 25.2. The summed E-state index contributed by atoms with van der Waals surface area (Å²) < 4.78 is 10.0. The Morgan fingerprint density at radius 1 is 0.528 bits per heavy atom. The highest BCUT2D eigenvalue weighted by molar-refractivity contribution is 5.96. The fourth-order valence-corrected chi connectivity index (χ4v) is 12.0. The number of carbonyl (C=O) groups is 3. The number of carbonyl (C=O) groups excluding carboxylic acids is 3. The molecule has 0 atom stereocenters. The summed E-state index contributed by atoms with van der Waals surface area (Å²) >= 11 is 0. The number of hydrogen-bond acceptors (Lipinski definition) is 11. The lowest BCUT2D eigenvalue weighted by molar-refractivity contribution is -0.119. The Kier molecular flexibility index (Phi) is 15.1. The van der Waals surface area contributed by atoms with E-state index in [4.69, 9.17) is 30.4 Å². The molecule has 448 valence electrons. The lowest BCUT2D eigenvalue weighted by Crippen LogP contribution is -2.52. The van der Waals surface area contributed by atoms with Gasteiger partial charge in [-0.1, -0.05) is 125 Å². The Morgan fingerprint density at radius 2 is 0.944 bits per heavy atom. The first-order valence-corrected chi connectivity index (χ1v) is 30.7. The van der Waals surface area contributed by atoms with E-state index in [1.54, 1.807) is 12.4 Å². The van der Waals surface area contributed by atoms with Crippen LogP contribution in [0.2, 0.25) is 0 Å². The van der Waals surface area contributed by atoms with Gasteiger partial charge in [-0.05, 0) is 143 Å². The van der Waals surface area contributed by atoms with Crippen molar-refractivity contribution < 1.29 is 19.1 Å². The van der Waals surface area contributed by atoms with Crippen molar-refractivity contribution in [2.24, 2.45) is 17.6 Å². The highest BCUT2D eigenvalue weighted by atomic mass is 16.6. The molecule has 4 aliphatic rings. The molecule has 6 heterocycles. The number of nitrogens with one attached hydrogen (secondary N) is 5. The smallest absolute Gasteiger partial charge is 0.408 e. The number of ether oxygens (including phenoxy) is 1. The summed E-state index contributed by atoms with van der Waals surface area (Å²) in [7, 11) is 0. The summed E-state index contributed by atoms with van der Waals surface area (Å²) in [4.78, 5) is 57.5. The van der Waals surface area contributed by atoms with E-state index in [2.05, 4.69) is 109 Å². The standard InChI is InChI=1S/C39H40N6O3.C34H32N6O/c1-24(2)36(46)41-28-19-15-25(16-20-28)32-33(26-13-17-27(18-14-26)39(21-9-22-39)44-37(47)48-38(3,4)5)45-31-12-8-23-40-34(31)42-30-11-7-6-10-29(30)35(45)43-32;1-21(2)33(41)37-25-16-12-22(13-17-25)29-30(23-10-14-24(15-11-23)34(35)18-6-19-34)40-28-9-5-20-36-31(28)38-27-8-4-3-7-26(27)32(40)39-29/h6-8,10-20,23-24H,9,21-22H2,1-5H3,(H,40,42)(H,41,46)(H,44,47);3-5,7-17,20-21H,6,18-19,35H2,1-2H3,(H,36,38)(H,37,41). The molecule has 10 aromatic rings. The number of benzene rings is 6. The van der Waals surface area contributed by atoms with Gasteiger partial charge >= 0.3 is 6.09 Å². The van der Waals surface area contributed by atoms with Crippen LogP contribution in [0.3, 0.4) is 0 Å². The van der Waals surface area contributed by atoms with Crippen molar-refractivity contribution in [2.75, 3.05) is 21.3 Å². The van der Waals surface area contributed by atoms with Crippen molar-refractivity contribution in [3.8, 4) is 79.2 Å². The molecule has 0 unspecified atom stereocenters. The average Bonchev–Trinajstić information content (AvgIpc) is 1.61. The zero-order valence-electron chi connectivity index (χ0n) is 51.1. The number of alkyl carbamates (subject to hydrolysis) is 1. The third-order valence-electron chi connectivity index (χ3n) is 17.2. The Bertz CT molecular complexity index is 4320. The van der Waals surface area contributed by atoms with Gasteiger partial charge in [0.1, 0.15) is 17.2 Å². The van der Waals surface area contributed by atoms with Gasteiger partial charge < -0.3 is 37.1 Å². The van der Waals surface area contributed by atoms with Gasteiger partial charge in [-0.2, -0.15) is 0 Å². The number of para-hydroxylation sites is 2. The van der Waals surface area contributed by atoms with E-state index in [9.17, 15) is 14.4 Å². The second kappa shape index (κ2) is 23.2. The predicted molar refractivity (Wildman–Crippen MR) is 353 cm³/mol. The summed E-state index contributed by atoms with van der Waals surface area (Å²) in [6.07, 6.45) is 9.10. The van der Waals surface area contributed by atoms with E-state index in [1.165, 1.54) is 12.0 Å². The van der Waals surface area contributed by atoms with E-state index < -0.39 is 17.2 Å². The predicted octanol–water partition coefficient (Wildman–Crippen LogP) is 16.1. The molecule has 0 saturated heterocycles. The molecule has 16 heteroatoms. The molecule has 4 aromatic heterocycles. The van der Waals surface area contributed by atoms with Gasteiger partial charge in [0.2, 0.25) is 11.8 Å². The lowest BCUT2D eigenvalue weighted by Gasteiger charge is -2.43. The zero-order chi connectivity index (χ0) is 61.8. The Morgan fingerprint density at radius 3 is 1.34 bits per heavy atom. The van der Waals surface area contributed by atoms with Gasteiger partial charge in [0.25, 0.3) is 0 Å². The normalized spacial score (nSPS) is 14.5. The molecule has 89 heavy (non-hydrogen) atoms. The van der Waals surface area contributed by atoms with Gasteiger partial charge in [0.15, 0.2) is 11.6 Å². The number of fused-ring (bicyclic) bond motifs is 10. The topological polar surface area (TPSA) is 208 Å². The van der Waals surface area contributed by atoms with Crippen LogP contribution >= 0.6 is 0 Å². The number of nitrogens with zero attached hydrogens (tertiary/aromatic N) is 6. The fourth-order valence-electron chi connectivity index (χ4n) is 12.0. The van der Waals surface area contributed by atoms with Crippen LogP contribution in [0.25, 0.3) is 79.2 Å². The van der Waals surface area contributed by atoms with Crippen LogP contribution in [-0.4, -0.2) is 52.6 Å². The first kappa shape index (κ1) is 57.9. The molecule has 2 saturated carbocycles. The van der Waals surface area contributed by atoms with Gasteiger partial charge in [-0.15, -0.1) is 0 Å². The van der Waals surface area contributed by atoms with Crippen molar-refractivity contribution in [2.45, 2.75) is 104 Å². The van der Waals surface area contributed by atoms with Crippen LogP contribution in [-0.2, 0) is 25.4 Å². The maximum Gasteiger partial charge on any atom is 0.408 e. The molecule has 6 aromatic carbocycles. The molecule has 7 N–H and O–H groups in total. The summed E-state index contributed by atoms with van der Waals surface area (Å²) in [6.45, 7) is 13.1. The zero-order valence-corrected chi connectivity index (χ0v) is 51.1. The second-order valence-electron chi connectivity index (χ2n) is 25.2. The van der Waals surface area contributed by atoms with Crippen LogP contribution in [0.15, 0.2) is 182 Å². The van der Waals surface area contributed by atoms with E-state index in [-0.39, 0.29) is 29.2 Å². The Balaban J connectivity index is 0.000000166. The Hall–Kier alpha value is -10.2. The molecule has 0 radical (unpaired) electrons. The van der Waals surface area contributed by atoms with Gasteiger partial charge in [0.05, 0.1) is 51.1 Å². The van der Waals surface area contributed by atoms with Crippen LogP contribution in [0, 0.1) is 11.8 Å². The summed E-state index contributed by atoms with van der Waals surface area (Å²) in [5, 5.41) is 16.2. The minimum atomic E-state index is -0.577. The minimum Gasteiger partial charge on any atom is -0.444 e. The summed E-state index contributed by atoms with van der Waals surface area (Å²) in [5.41, 5.74) is 22.1. The molecule has 3 amide bonds. The van der Waals surface area contributed by atoms with Gasteiger partial charge in [0, 0.05) is 74.5 Å². The van der Waals surface area contributed by atoms with Crippen molar-refractivity contribution in [1.29, 1.82) is 0 Å². The molecular weight excluding hydrogens is 1110 g/mol. The van der Waals surface area contributed by atoms with Crippen LogP contribution in [0.1, 0.15) is 98.1 Å². The quantitative estimate of drug-likeness (QED) is 0.0718. The summed E-state index contributed by atoms with van der Waals surface area (Å²) in [5.74, 6) is 2.86. The maximum atomic E-state index is 12.8. The highest BCUT2D eigenvalue weighted by Gasteiger charge is 2.42. The fraction of sp³-hybridized carbons (Fsp3) is 0.247. The van der Waals surface area contributed by atoms with E-state index in [0.29, 0.717) is 0 Å². The number of aromatic nitrogens is 6. The average molecular weight is 1180 g/mol. The number of nitrogens with two attached hydrogens (primary N) is 1. The van der Waals surface area contributed by atoms with Crippen molar-refractivity contribution >= 4 is 52.3 Å². The van der Waals surface area contributed by atoms with E-state index >= 15 is 0 Å². The van der Waals surface area contributed by atoms with Crippen LogP contribution in [0.4, 0.5) is 39.2 Å². The molecule has 2 fully saturated rings. The number of anilines is 6. The van der Waals surface area contributed by atoms with Crippen molar-refractivity contribution in [3.05, 3.63) is 193 Å². The highest BCUT2D eigenvalue weighted by Crippen LogP contribution is 2.49. The molecule has 16 nitrogen and oxygen atoms in total. The minimum absolute atomic E-state index is 0.00964. The third-order valence-corrected chi connectivity index (χ3v) is 17.2. The number of pyridine rings is 2. The molecular formula is C73H72N12O4. The van der Waals surface area contributed by atoms with E-state index in [1.807, 2.05) is 146 Å². The first-order valence-electron chi connectivity index (χ1n) is 30.7. The third kappa shape index (κ3) is 11.2. The molecule has 0 spiro atoms. The van der Waals surface area contributed by atoms with Gasteiger partial charge in [-0.25, -0.2) is 24.7 Å². The first-order chi connectivity index (χ1) is 42.9. The summed E-state index contributed by atoms with van der Waals surface area (Å²) in [6, 6.07) is 57.1. The van der Waals surface area contributed by atoms with Crippen molar-refractivity contribution in [1.82, 2.24) is 34.4 Å². The molecule has 2 aliphatic carbocycles. The SMILES string of the molecule is CC(C)C(=O)Nc1ccc(-c2nc3n(c2-c2ccc(C4(N)CCC4)cc2)-c2cccnc2Nc2ccccc2-3)cc1.CC(C)C(=O)Nc1ccc(-c2nc3n(c2-c2ccc(C4(NC(=O)OC(C)(C)C)CCC4)cc2)-c2cccnc2Nc2ccccc2-3)cc1. The molecule has 14 rings (SSSR count). The van der Waals surface area contributed by atoms with Gasteiger partial charge in [-0.3, -0.25) is 18.7 Å². The van der Waals surface area contributed by atoms with Crippen LogP contribution in [0.5, 0.6) is 0 Å².